The standard InChI is InChI=1S/C20H26N2S/c1-3-8-19(9-4-1)18-22-15-13-21(14-16-22)12-7-17-23-20-10-5-2-6-11-20/h1-6,8-11H,7,12-18H2. The van der Waals surface area contributed by atoms with Gasteiger partial charge in [0.25, 0.3) is 0 Å². The number of rotatable bonds is 7. The van der Waals surface area contributed by atoms with Gasteiger partial charge in [-0.25, -0.2) is 0 Å². The second kappa shape index (κ2) is 9.11. The molecular formula is C20H26N2S. The molecule has 1 heterocycles. The molecule has 3 heteroatoms. The van der Waals surface area contributed by atoms with Crippen molar-refractivity contribution in [1.82, 2.24) is 9.80 Å². The van der Waals surface area contributed by atoms with Crippen LogP contribution in [0.1, 0.15) is 12.0 Å². The summed E-state index contributed by atoms with van der Waals surface area (Å²) in [6, 6.07) is 21.5. The normalized spacial score (nSPS) is 16.5. The molecule has 2 aromatic rings. The van der Waals surface area contributed by atoms with Gasteiger partial charge in [0.15, 0.2) is 0 Å². The number of piperazine rings is 1. The van der Waals surface area contributed by atoms with Crippen molar-refractivity contribution >= 4 is 11.8 Å². The molecule has 0 N–H and O–H groups in total. The number of benzene rings is 2. The van der Waals surface area contributed by atoms with E-state index in [2.05, 4.69) is 70.5 Å². The van der Waals surface area contributed by atoms with Gasteiger partial charge >= 0.3 is 0 Å². The van der Waals surface area contributed by atoms with Crippen LogP contribution in [0.2, 0.25) is 0 Å². The lowest BCUT2D eigenvalue weighted by molar-refractivity contribution is 0.127. The summed E-state index contributed by atoms with van der Waals surface area (Å²) in [5, 5.41) is 0. The Balaban J connectivity index is 1.30. The number of thioether (sulfide) groups is 1. The van der Waals surface area contributed by atoms with Gasteiger partial charge in [0, 0.05) is 37.6 Å². The molecule has 1 aliphatic heterocycles. The van der Waals surface area contributed by atoms with Gasteiger partial charge in [-0.3, -0.25) is 4.90 Å². The molecule has 1 saturated heterocycles. The highest BCUT2D eigenvalue weighted by atomic mass is 32.2. The van der Waals surface area contributed by atoms with E-state index < -0.39 is 0 Å². The first kappa shape index (κ1) is 16.6. The first-order chi connectivity index (χ1) is 11.4. The predicted molar refractivity (Wildman–Crippen MR) is 99.9 cm³/mol. The van der Waals surface area contributed by atoms with Crippen molar-refractivity contribution in [1.29, 1.82) is 0 Å². The third-order valence-corrected chi connectivity index (χ3v) is 5.44. The fraction of sp³-hybridized carbons (Fsp3) is 0.400. The van der Waals surface area contributed by atoms with Crippen LogP contribution in [0.25, 0.3) is 0 Å². The molecule has 0 unspecified atom stereocenters. The Labute approximate surface area is 144 Å². The first-order valence-electron chi connectivity index (χ1n) is 8.57. The zero-order valence-corrected chi connectivity index (χ0v) is 14.5. The largest absolute Gasteiger partial charge is 0.301 e. The van der Waals surface area contributed by atoms with Crippen molar-refractivity contribution in [2.75, 3.05) is 38.5 Å². The van der Waals surface area contributed by atoms with Crippen molar-refractivity contribution < 1.29 is 0 Å². The highest BCUT2D eigenvalue weighted by Crippen LogP contribution is 2.18. The maximum absolute atomic E-state index is 2.62. The summed E-state index contributed by atoms with van der Waals surface area (Å²) in [4.78, 5) is 6.58. The summed E-state index contributed by atoms with van der Waals surface area (Å²) in [6.45, 7) is 7.14. The topological polar surface area (TPSA) is 6.48 Å². The minimum absolute atomic E-state index is 1.10. The lowest BCUT2D eigenvalue weighted by atomic mass is 10.2. The molecule has 0 aromatic heterocycles. The summed E-state index contributed by atoms with van der Waals surface area (Å²) in [7, 11) is 0. The van der Waals surface area contributed by atoms with E-state index in [1.54, 1.807) is 0 Å². The molecule has 2 aromatic carbocycles. The van der Waals surface area contributed by atoms with Gasteiger partial charge in [0.05, 0.1) is 0 Å². The van der Waals surface area contributed by atoms with Crippen LogP contribution in [-0.2, 0) is 6.54 Å². The van der Waals surface area contributed by atoms with E-state index in [4.69, 9.17) is 0 Å². The van der Waals surface area contributed by atoms with Gasteiger partial charge in [0.1, 0.15) is 0 Å². The Morgan fingerprint density at radius 1 is 0.739 bits per heavy atom. The van der Waals surface area contributed by atoms with Crippen LogP contribution >= 0.6 is 11.8 Å². The maximum Gasteiger partial charge on any atom is 0.0234 e. The summed E-state index contributed by atoms with van der Waals surface area (Å²) in [6.07, 6.45) is 1.28. The second-order valence-electron chi connectivity index (χ2n) is 6.12. The number of hydrogen-bond donors (Lipinski definition) is 0. The highest BCUT2D eigenvalue weighted by Gasteiger charge is 2.16. The Kier molecular flexibility index (Phi) is 6.56. The lowest BCUT2D eigenvalue weighted by Crippen LogP contribution is -2.46. The van der Waals surface area contributed by atoms with E-state index in [0.29, 0.717) is 0 Å². The molecule has 0 amide bonds. The van der Waals surface area contributed by atoms with E-state index in [1.807, 2.05) is 11.8 Å². The average molecular weight is 327 g/mol. The molecule has 1 aliphatic rings. The monoisotopic (exact) mass is 326 g/mol. The predicted octanol–water partition coefficient (Wildman–Crippen LogP) is 3.99. The highest BCUT2D eigenvalue weighted by molar-refractivity contribution is 7.99. The van der Waals surface area contributed by atoms with Crippen molar-refractivity contribution in [3.63, 3.8) is 0 Å². The van der Waals surface area contributed by atoms with Crippen LogP contribution in [-0.4, -0.2) is 48.3 Å². The molecule has 0 saturated carbocycles. The van der Waals surface area contributed by atoms with Crippen LogP contribution in [0.4, 0.5) is 0 Å². The molecule has 0 radical (unpaired) electrons. The quantitative estimate of drug-likeness (QED) is 0.561. The smallest absolute Gasteiger partial charge is 0.0234 e. The third-order valence-electron chi connectivity index (χ3n) is 4.34. The van der Waals surface area contributed by atoms with Crippen molar-refractivity contribution in [3.8, 4) is 0 Å². The molecule has 0 atom stereocenters. The Bertz CT molecular complexity index is 548. The van der Waals surface area contributed by atoms with Crippen molar-refractivity contribution in [2.24, 2.45) is 0 Å². The summed E-state index contributed by atoms with van der Waals surface area (Å²) < 4.78 is 0. The molecule has 0 aliphatic carbocycles. The molecule has 122 valence electrons. The minimum Gasteiger partial charge on any atom is -0.301 e. The lowest BCUT2D eigenvalue weighted by Gasteiger charge is -2.34. The van der Waals surface area contributed by atoms with Crippen molar-refractivity contribution in [3.05, 3.63) is 66.2 Å². The molecular weight excluding hydrogens is 300 g/mol. The molecule has 0 spiro atoms. The van der Waals surface area contributed by atoms with Gasteiger partial charge < -0.3 is 4.90 Å². The fourth-order valence-electron chi connectivity index (χ4n) is 3.01. The van der Waals surface area contributed by atoms with Crippen LogP contribution in [0.5, 0.6) is 0 Å². The van der Waals surface area contributed by atoms with E-state index in [-0.39, 0.29) is 0 Å². The molecule has 1 fully saturated rings. The van der Waals surface area contributed by atoms with Gasteiger partial charge in [0.2, 0.25) is 0 Å². The van der Waals surface area contributed by atoms with E-state index in [0.717, 1.165) is 6.54 Å². The molecule has 3 rings (SSSR count). The fourth-order valence-corrected chi connectivity index (χ4v) is 3.87. The third kappa shape index (κ3) is 5.69. The van der Waals surface area contributed by atoms with E-state index >= 15 is 0 Å². The number of hydrogen-bond acceptors (Lipinski definition) is 3. The molecule has 2 nitrogen and oxygen atoms in total. The summed E-state index contributed by atoms with van der Waals surface area (Å²) >= 11 is 1.97. The van der Waals surface area contributed by atoms with Gasteiger partial charge in [-0.15, -0.1) is 11.8 Å². The van der Waals surface area contributed by atoms with E-state index in [1.165, 1.54) is 55.4 Å². The van der Waals surface area contributed by atoms with Gasteiger partial charge in [-0.05, 0) is 36.4 Å². The molecule has 0 bridgehead atoms. The zero-order valence-electron chi connectivity index (χ0n) is 13.7. The summed E-state index contributed by atoms with van der Waals surface area (Å²) in [5.41, 5.74) is 1.43. The zero-order chi connectivity index (χ0) is 15.7. The number of nitrogens with zero attached hydrogens (tertiary/aromatic N) is 2. The van der Waals surface area contributed by atoms with Crippen LogP contribution in [0.15, 0.2) is 65.6 Å². The van der Waals surface area contributed by atoms with E-state index in [9.17, 15) is 0 Å². The summed E-state index contributed by atoms with van der Waals surface area (Å²) in [5.74, 6) is 1.22. The van der Waals surface area contributed by atoms with Crippen molar-refractivity contribution in [2.45, 2.75) is 17.9 Å². The minimum atomic E-state index is 1.10. The second-order valence-corrected chi connectivity index (χ2v) is 7.29. The average Bonchev–Trinajstić information content (AvgIpc) is 2.62. The van der Waals surface area contributed by atoms with Gasteiger partial charge in [-0.1, -0.05) is 48.5 Å². The Morgan fingerprint density at radius 2 is 1.35 bits per heavy atom. The Morgan fingerprint density at radius 3 is 2.04 bits per heavy atom. The van der Waals surface area contributed by atoms with Crippen LogP contribution < -0.4 is 0 Å². The van der Waals surface area contributed by atoms with Gasteiger partial charge in [-0.2, -0.15) is 0 Å². The van der Waals surface area contributed by atoms with Crippen LogP contribution in [0, 0.1) is 0 Å². The maximum atomic E-state index is 2.62. The Hall–Kier alpha value is -1.29. The first-order valence-corrected chi connectivity index (χ1v) is 9.55. The SMILES string of the molecule is c1ccc(CN2CCN(CCCSc3ccccc3)CC2)cc1. The van der Waals surface area contributed by atoms with Crippen LogP contribution in [0.3, 0.4) is 0 Å². The molecule has 23 heavy (non-hydrogen) atoms.